The van der Waals surface area contributed by atoms with Crippen LogP contribution in [0.2, 0.25) is 0 Å². The molecule has 0 aliphatic carbocycles. The number of methoxy groups -OCH3 is 4. The van der Waals surface area contributed by atoms with Gasteiger partial charge in [0.2, 0.25) is 0 Å². The third-order valence-electron chi connectivity index (χ3n) is 2.90. The van der Waals surface area contributed by atoms with E-state index in [0.29, 0.717) is 22.8 Å². The Balaban J connectivity index is 3.16. The standard InChI is InChI=1S/C16H19NO6/c1-19-5-6-23-16(18)12(10-17)7-11-8-14(21-3)15(22-4)9-13(11)20-2/h7-9H,5-6H2,1-4H3/b12-7+. The Bertz CT molecular complexity index is 618. The minimum Gasteiger partial charge on any atom is -0.496 e. The molecule has 0 saturated heterocycles. The third-order valence-corrected chi connectivity index (χ3v) is 2.90. The van der Waals surface area contributed by atoms with Gasteiger partial charge < -0.3 is 23.7 Å². The van der Waals surface area contributed by atoms with Gasteiger partial charge in [-0.05, 0) is 12.1 Å². The maximum Gasteiger partial charge on any atom is 0.348 e. The molecule has 7 heteroatoms. The molecule has 1 aromatic carbocycles. The van der Waals surface area contributed by atoms with Crippen molar-refractivity contribution in [3.63, 3.8) is 0 Å². The number of rotatable bonds is 8. The number of ether oxygens (including phenoxy) is 5. The molecule has 124 valence electrons. The molecule has 0 aliphatic rings. The van der Waals surface area contributed by atoms with Crippen molar-refractivity contribution >= 4 is 12.0 Å². The molecule has 0 bridgehead atoms. The highest BCUT2D eigenvalue weighted by atomic mass is 16.6. The van der Waals surface area contributed by atoms with Gasteiger partial charge >= 0.3 is 5.97 Å². The molecule has 1 rings (SSSR count). The molecule has 0 aromatic heterocycles. The lowest BCUT2D eigenvalue weighted by Crippen LogP contribution is -2.11. The zero-order chi connectivity index (χ0) is 17.2. The molecule has 1 aromatic rings. The van der Waals surface area contributed by atoms with Crippen LogP contribution >= 0.6 is 0 Å². The average Bonchev–Trinajstić information content (AvgIpc) is 2.58. The third kappa shape index (κ3) is 4.90. The van der Waals surface area contributed by atoms with E-state index in [9.17, 15) is 4.79 Å². The minimum atomic E-state index is -0.735. The molecule has 0 heterocycles. The van der Waals surface area contributed by atoms with Crippen LogP contribution in [-0.4, -0.2) is 47.6 Å². The predicted octanol–water partition coefficient (Wildman–Crippen LogP) is 1.81. The van der Waals surface area contributed by atoms with Crippen LogP contribution in [0.3, 0.4) is 0 Å². The fourth-order valence-corrected chi connectivity index (χ4v) is 1.75. The molecule has 23 heavy (non-hydrogen) atoms. The largest absolute Gasteiger partial charge is 0.496 e. The topological polar surface area (TPSA) is 87.0 Å². The van der Waals surface area contributed by atoms with Gasteiger partial charge in [-0.1, -0.05) is 0 Å². The lowest BCUT2D eigenvalue weighted by atomic mass is 10.1. The zero-order valence-electron chi connectivity index (χ0n) is 13.5. The molecule has 0 radical (unpaired) electrons. The van der Waals surface area contributed by atoms with E-state index in [1.165, 1.54) is 34.5 Å². The van der Waals surface area contributed by atoms with E-state index < -0.39 is 5.97 Å². The summed E-state index contributed by atoms with van der Waals surface area (Å²) in [5.74, 6) is 0.619. The van der Waals surface area contributed by atoms with Crippen molar-refractivity contribution in [1.29, 1.82) is 5.26 Å². The number of carbonyl (C=O) groups is 1. The van der Waals surface area contributed by atoms with E-state index in [4.69, 9.17) is 28.9 Å². The van der Waals surface area contributed by atoms with Gasteiger partial charge in [0, 0.05) is 18.7 Å². The van der Waals surface area contributed by atoms with Crippen molar-refractivity contribution in [1.82, 2.24) is 0 Å². The first-order chi connectivity index (χ1) is 11.1. The summed E-state index contributed by atoms with van der Waals surface area (Å²) in [6.45, 7) is 0.321. The molecular formula is C16H19NO6. The fourth-order valence-electron chi connectivity index (χ4n) is 1.75. The Morgan fingerprint density at radius 1 is 1.04 bits per heavy atom. The lowest BCUT2D eigenvalue weighted by molar-refractivity contribution is -0.139. The number of nitrogens with zero attached hydrogens (tertiary/aromatic N) is 1. The van der Waals surface area contributed by atoms with E-state index >= 15 is 0 Å². The van der Waals surface area contributed by atoms with E-state index in [2.05, 4.69) is 0 Å². The summed E-state index contributed by atoms with van der Waals surface area (Å²) in [7, 11) is 5.95. The molecule has 0 spiro atoms. The quantitative estimate of drug-likeness (QED) is 0.312. The number of esters is 1. The van der Waals surface area contributed by atoms with Crippen molar-refractivity contribution in [2.75, 3.05) is 41.7 Å². The molecule has 0 atom stereocenters. The van der Waals surface area contributed by atoms with Crippen LogP contribution < -0.4 is 14.2 Å². The first-order valence-electron chi connectivity index (χ1n) is 6.69. The number of carbonyl (C=O) groups excluding carboxylic acids is 1. The average molecular weight is 321 g/mol. The Morgan fingerprint density at radius 2 is 1.65 bits per heavy atom. The summed E-state index contributed by atoms with van der Waals surface area (Å²) >= 11 is 0. The second-order valence-electron chi connectivity index (χ2n) is 4.25. The van der Waals surface area contributed by atoms with Crippen molar-refractivity contribution in [2.45, 2.75) is 0 Å². The highest BCUT2D eigenvalue weighted by molar-refractivity contribution is 5.98. The first kappa shape index (κ1) is 18.3. The van der Waals surface area contributed by atoms with Crippen LogP contribution in [0.4, 0.5) is 0 Å². The highest BCUT2D eigenvalue weighted by Crippen LogP contribution is 2.35. The maximum absolute atomic E-state index is 11.9. The van der Waals surface area contributed by atoms with Crippen LogP contribution in [0.5, 0.6) is 17.2 Å². The van der Waals surface area contributed by atoms with Gasteiger partial charge in [-0.2, -0.15) is 5.26 Å². The van der Waals surface area contributed by atoms with Crippen molar-refractivity contribution in [2.24, 2.45) is 0 Å². The van der Waals surface area contributed by atoms with Crippen LogP contribution in [0.15, 0.2) is 17.7 Å². The summed E-state index contributed by atoms with van der Waals surface area (Å²) in [6.07, 6.45) is 1.37. The predicted molar refractivity (Wildman–Crippen MR) is 82.5 cm³/mol. The smallest absolute Gasteiger partial charge is 0.348 e. The van der Waals surface area contributed by atoms with E-state index in [1.807, 2.05) is 6.07 Å². The van der Waals surface area contributed by atoms with E-state index in [0.717, 1.165) is 0 Å². The Kier molecular flexibility index (Phi) is 7.43. The van der Waals surface area contributed by atoms with Gasteiger partial charge in [0.1, 0.15) is 24.0 Å². The van der Waals surface area contributed by atoms with Crippen LogP contribution in [0, 0.1) is 11.3 Å². The fraction of sp³-hybridized carbons (Fsp3) is 0.375. The van der Waals surface area contributed by atoms with E-state index in [-0.39, 0.29) is 18.8 Å². The SMILES string of the molecule is COCCOC(=O)/C(C#N)=C/c1cc(OC)c(OC)cc1OC. The number of benzene rings is 1. The highest BCUT2D eigenvalue weighted by Gasteiger charge is 2.15. The summed E-state index contributed by atoms with van der Waals surface area (Å²) in [5.41, 5.74) is 0.331. The summed E-state index contributed by atoms with van der Waals surface area (Å²) in [6, 6.07) is 5.03. The molecule has 0 N–H and O–H groups in total. The van der Waals surface area contributed by atoms with Crippen molar-refractivity contribution < 1.29 is 28.5 Å². The minimum absolute atomic E-state index is 0.0669. The van der Waals surface area contributed by atoms with Crippen molar-refractivity contribution in [3.05, 3.63) is 23.3 Å². The van der Waals surface area contributed by atoms with Gasteiger partial charge in [0.15, 0.2) is 11.5 Å². The van der Waals surface area contributed by atoms with Crippen LogP contribution in [-0.2, 0) is 14.3 Å². The second kappa shape index (κ2) is 9.33. The number of hydrogen-bond acceptors (Lipinski definition) is 7. The maximum atomic E-state index is 11.9. The molecule has 0 fully saturated rings. The summed E-state index contributed by atoms with van der Waals surface area (Å²) in [4.78, 5) is 11.9. The molecule has 0 aliphatic heterocycles. The molecular weight excluding hydrogens is 302 g/mol. The Hall–Kier alpha value is -2.72. The van der Waals surface area contributed by atoms with Gasteiger partial charge in [0.05, 0.1) is 27.9 Å². The van der Waals surface area contributed by atoms with Gasteiger partial charge in [-0.3, -0.25) is 0 Å². The van der Waals surface area contributed by atoms with Gasteiger partial charge in [-0.15, -0.1) is 0 Å². The normalized spacial score (nSPS) is 10.7. The monoisotopic (exact) mass is 321 g/mol. The Labute approximate surface area is 135 Å². The molecule has 0 unspecified atom stereocenters. The molecule has 0 amide bonds. The van der Waals surface area contributed by atoms with Crippen LogP contribution in [0.25, 0.3) is 6.08 Å². The first-order valence-corrected chi connectivity index (χ1v) is 6.69. The van der Waals surface area contributed by atoms with Gasteiger partial charge in [0.25, 0.3) is 0 Å². The van der Waals surface area contributed by atoms with E-state index in [1.54, 1.807) is 12.1 Å². The summed E-state index contributed by atoms with van der Waals surface area (Å²) < 4.78 is 25.4. The number of hydrogen-bond donors (Lipinski definition) is 0. The molecule has 7 nitrogen and oxygen atoms in total. The van der Waals surface area contributed by atoms with Gasteiger partial charge in [-0.25, -0.2) is 4.79 Å². The van der Waals surface area contributed by atoms with Crippen LogP contribution in [0.1, 0.15) is 5.56 Å². The number of nitriles is 1. The second-order valence-corrected chi connectivity index (χ2v) is 4.25. The lowest BCUT2D eigenvalue weighted by Gasteiger charge is -2.12. The zero-order valence-corrected chi connectivity index (χ0v) is 13.5. The molecule has 0 saturated carbocycles. The summed E-state index contributed by atoms with van der Waals surface area (Å²) in [5, 5.41) is 9.16. The van der Waals surface area contributed by atoms with Crippen molar-refractivity contribution in [3.8, 4) is 23.3 Å². The Morgan fingerprint density at radius 3 is 2.17 bits per heavy atom.